The molecule has 7 nitrogen and oxygen atoms in total. The molecule has 7 heteroatoms. The minimum atomic E-state index is -1.95. The van der Waals surface area contributed by atoms with Gasteiger partial charge in [0.05, 0.1) is 6.61 Å². The van der Waals surface area contributed by atoms with Crippen molar-refractivity contribution in [2.24, 2.45) is 11.5 Å². The minimum Gasteiger partial charge on any atom is -0.394 e. The van der Waals surface area contributed by atoms with Gasteiger partial charge in [0, 0.05) is 0 Å². The van der Waals surface area contributed by atoms with Crippen LogP contribution >= 0.6 is 0 Å². The summed E-state index contributed by atoms with van der Waals surface area (Å²) < 4.78 is 4.76. The number of hydrogen-bond donors (Lipinski definition) is 6. The fourth-order valence-electron chi connectivity index (χ4n) is 1.22. The maximum atomic E-state index is 9.23. The number of nitrogens with two attached hydrogens (primary N) is 2. The maximum Gasteiger partial charge on any atom is 0.199 e. The van der Waals surface area contributed by atoms with Crippen molar-refractivity contribution >= 4 is 0 Å². The summed E-state index contributed by atoms with van der Waals surface area (Å²) in [5, 5.41) is 36.4. The fourth-order valence-corrected chi connectivity index (χ4v) is 1.22. The lowest BCUT2D eigenvalue weighted by Crippen LogP contribution is -2.73. The Bertz CT molecular complexity index is 186. The van der Waals surface area contributed by atoms with Crippen molar-refractivity contribution in [2.75, 3.05) is 6.61 Å². The molecule has 0 aromatic carbocycles. The van der Waals surface area contributed by atoms with Crippen molar-refractivity contribution in [1.29, 1.82) is 0 Å². The van der Waals surface area contributed by atoms with E-state index in [1.54, 1.807) is 0 Å². The van der Waals surface area contributed by atoms with Gasteiger partial charge >= 0.3 is 0 Å². The zero-order chi connectivity index (χ0) is 10.2. The Morgan fingerprint density at radius 2 is 1.69 bits per heavy atom. The third-order valence-corrected chi connectivity index (χ3v) is 2.05. The third kappa shape index (κ3) is 1.81. The van der Waals surface area contributed by atoms with Crippen LogP contribution in [0.4, 0.5) is 0 Å². The van der Waals surface area contributed by atoms with E-state index in [0.29, 0.717) is 0 Å². The Morgan fingerprint density at radius 1 is 1.15 bits per heavy atom. The lowest BCUT2D eigenvalue weighted by Gasteiger charge is -2.43. The summed E-state index contributed by atoms with van der Waals surface area (Å²) in [6, 6.07) is 0. The molecule has 1 aliphatic rings. The predicted octanol–water partition coefficient (Wildman–Crippen LogP) is -3.97. The van der Waals surface area contributed by atoms with E-state index in [1.165, 1.54) is 0 Å². The topological polar surface area (TPSA) is 142 Å². The first-order valence-corrected chi connectivity index (χ1v) is 3.80. The molecule has 0 radical (unpaired) electrons. The molecule has 0 saturated carbocycles. The summed E-state index contributed by atoms with van der Waals surface area (Å²) in [6.45, 7) is -0.541. The molecule has 13 heavy (non-hydrogen) atoms. The first-order chi connectivity index (χ1) is 5.90. The zero-order valence-electron chi connectivity index (χ0n) is 6.87. The molecule has 0 amide bonds. The van der Waals surface area contributed by atoms with Gasteiger partial charge in [-0.2, -0.15) is 0 Å². The first kappa shape index (κ1) is 10.8. The predicted molar refractivity (Wildman–Crippen MR) is 41.1 cm³/mol. The number of ether oxygens (including phenoxy) is 1. The highest BCUT2D eigenvalue weighted by Gasteiger charge is 2.49. The van der Waals surface area contributed by atoms with Crippen LogP contribution in [0.5, 0.6) is 0 Å². The Labute approximate surface area is 74.5 Å². The Kier molecular flexibility index (Phi) is 2.88. The van der Waals surface area contributed by atoms with Crippen LogP contribution in [-0.2, 0) is 4.74 Å². The van der Waals surface area contributed by atoms with E-state index in [9.17, 15) is 15.3 Å². The molecular weight excluding hydrogens is 180 g/mol. The van der Waals surface area contributed by atoms with Gasteiger partial charge in [-0.05, 0) is 0 Å². The van der Waals surface area contributed by atoms with Gasteiger partial charge in [-0.25, -0.2) is 0 Å². The van der Waals surface area contributed by atoms with Crippen LogP contribution in [0, 0.1) is 0 Å². The highest BCUT2D eigenvalue weighted by atomic mass is 16.6. The molecule has 0 aromatic heterocycles. The number of aliphatic hydroxyl groups is 4. The normalized spacial score (nSPS) is 44.8. The van der Waals surface area contributed by atoms with E-state index in [1.807, 2.05) is 0 Å². The number of aliphatic hydroxyl groups excluding tert-OH is 4. The average molecular weight is 194 g/mol. The average Bonchev–Trinajstić information content (AvgIpc) is 2.08. The smallest absolute Gasteiger partial charge is 0.199 e. The minimum absolute atomic E-state index is 0.541. The summed E-state index contributed by atoms with van der Waals surface area (Å²) in [4.78, 5) is 0. The van der Waals surface area contributed by atoms with Crippen LogP contribution in [0.3, 0.4) is 0 Å². The second-order valence-electron chi connectivity index (χ2n) is 3.12. The monoisotopic (exact) mass is 194 g/mol. The van der Waals surface area contributed by atoms with Crippen molar-refractivity contribution in [2.45, 2.75) is 30.3 Å². The molecule has 1 heterocycles. The molecule has 1 saturated heterocycles. The van der Waals surface area contributed by atoms with Crippen LogP contribution in [0.2, 0.25) is 0 Å². The second kappa shape index (κ2) is 3.46. The van der Waals surface area contributed by atoms with Crippen molar-refractivity contribution < 1.29 is 25.2 Å². The highest BCUT2D eigenvalue weighted by molar-refractivity contribution is 4.95. The van der Waals surface area contributed by atoms with Crippen LogP contribution in [0.1, 0.15) is 0 Å². The van der Waals surface area contributed by atoms with Gasteiger partial charge in [-0.3, -0.25) is 11.5 Å². The van der Waals surface area contributed by atoms with Gasteiger partial charge in [-0.1, -0.05) is 0 Å². The van der Waals surface area contributed by atoms with E-state index in [0.717, 1.165) is 0 Å². The van der Waals surface area contributed by atoms with Gasteiger partial charge in [0.1, 0.15) is 24.4 Å². The summed E-state index contributed by atoms with van der Waals surface area (Å²) in [7, 11) is 0. The van der Waals surface area contributed by atoms with E-state index in [2.05, 4.69) is 0 Å². The molecule has 1 fully saturated rings. The summed E-state index contributed by atoms with van der Waals surface area (Å²) in [5.41, 5.74) is 10.5. The van der Waals surface area contributed by atoms with Crippen molar-refractivity contribution in [3.8, 4) is 0 Å². The largest absolute Gasteiger partial charge is 0.394 e. The van der Waals surface area contributed by atoms with Gasteiger partial charge in [-0.15, -0.1) is 0 Å². The molecular formula is C6H14N2O5. The van der Waals surface area contributed by atoms with E-state index in [4.69, 9.17) is 21.3 Å². The van der Waals surface area contributed by atoms with Crippen molar-refractivity contribution in [1.82, 2.24) is 0 Å². The van der Waals surface area contributed by atoms with Gasteiger partial charge in [0.25, 0.3) is 0 Å². The van der Waals surface area contributed by atoms with Crippen molar-refractivity contribution in [3.63, 3.8) is 0 Å². The van der Waals surface area contributed by atoms with Crippen LogP contribution in [0.15, 0.2) is 0 Å². The number of hydrogen-bond acceptors (Lipinski definition) is 7. The van der Waals surface area contributed by atoms with Gasteiger partial charge in [0.2, 0.25) is 0 Å². The maximum absolute atomic E-state index is 9.23. The molecule has 1 rings (SSSR count). The zero-order valence-corrected chi connectivity index (χ0v) is 6.87. The van der Waals surface area contributed by atoms with E-state index >= 15 is 0 Å². The van der Waals surface area contributed by atoms with Crippen LogP contribution in [0.25, 0.3) is 0 Å². The van der Waals surface area contributed by atoms with E-state index in [-0.39, 0.29) is 0 Å². The van der Waals surface area contributed by atoms with E-state index < -0.39 is 36.9 Å². The van der Waals surface area contributed by atoms with Crippen LogP contribution in [-0.4, -0.2) is 57.3 Å². The summed E-state index contributed by atoms with van der Waals surface area (Å²) in [5.74, 6) is -1.95. The SMILES string of the molecule is NC1(N)O[C@H](CO)[C@@H](O)[C@H](O)[C@H]1O. The van der Waals surface area contributed by atoms with Gasteiger partial charge < -0.3 is 25.2 Å². The summed E-state index contributed by atoms with van der Waals surface area (Å²) in [6.07, 6.45) is -5.61. The molecule has 4 atom stereocenters. The quantitative estimate of drug-likeness (QED) is 0.234. The molecule has 0 aromatic rings. The third-order valence-electron chi connectivity index (χ3n) is 2.05. The lowest BCUT2D eigenvalue weighted by molar-refractivity contribution is -0.270. The van der Waals surface area contributed by atoms with Gasteiger partial charge in [0.15, 0.2) is 5.85 Å². The first-order valence-electron chi connectivity index (χ1n) is 3.80. The molecule has 1 aliphatic heterocycles. The Balaban J connectivity index is 2.79. The fraction of sp³-hybridized carbons (Fsp3) is 1.00. The molecule has 8 N–H and O–H groups in total. The molecule has 0 aliphatic carbocycles. The molecule has 78 valence electrons. The summed E-state index contributed by atoms with van der Waals surface area (Å²) >= 11 is 0. The molecule has 0 bridgehead atoms. The number of rotatable bonds is 1. The van der Waals surface area contributed by atoms with Crippen LogP contribution < -0.4 is 11.5 Å². The standard InChI is InChI=1S/C6H14N2O5/c7-6(8)5(12)4(11)3(10)2(1-9)13-6/h2-5,9-12H,1,7-8H2/t2-,3-,4+,5-/m1/s1. The second-order valence-corrected chi connectivity index (χ2v) is 3.12. The Hall–Kier alpha value is -0.280. The Morgan fingerprint density at radius 3 is 2.15 bits per heavy atom. The van der Waals surface area contributed by atoms with Crippen molar-refractivity contribution in [3.05, 3.63) is 0 Å². The molecule has 0 spiro atoms. The lowest BCUT2D eigenvalue weighted by atomic mass is 9.96. The highest BCUT2D eigenvalue weighted by Crippen LogP contribution is 2.22. The molecule has 0 unspecified atom stereocenters.